The summed E-state index contributed by atoms with van der Waals surface area (Å²) in [5.74, 6) is 1.27. The molecule has 0 aromatic carbocycles. The summed E-state index contributed by atoms with van der Waals surface area (Å²) in [5.41, 5.74) is 6.23. The molecular formula is C16H30N2O. The van der Waals surface area contributed by atoms with Crippen molar-refractivity contribution in [1.29, 1.82) is 0 Å². The Labute approximate surface area is 117 Å². The molecule has 0 aromatic heterocycles. The Morgan fingerprint density at radius 3 is 2.63 bits per heavy atom. The van der Waals surface area contributed by atoms with E-state index in [-0.39, 0.29) is 12.0 Å². The molecule has 1 heterocycles. The zero-order valence-corrected chi connectivity index (χ0v) is 12.4. The highest BCUT2D eigenvalue weighted by molar-refractivity contribution is 5.79. The fourth-order valence-electron chi connectivity index (χ4n) is 3.67. The third-order valence-electron chi connectivity index (χ3n) is 5.12. The normalized spacial score (nSPS) is 33.6. The molecule has 1 saturated heterocycles. The maximum atomic E-state index is 12.7. The van der Waals surface area contributed by atoms with E-state index in [0.717, 1.165) is 31.8 Å². The molecule has 1 aliphatic heterocycles. The first-order valence-electron chi connectivity index (χ1n) is 8.26. The van der Waals surface area contributed by atoms with E-state index in [2.05, 4.69) is 11.8 Å². The van der Waals surface area contributed by atoms with E-state index in [1.165, 1.54) is 44.9 Å². The molecule has 19 heavy (non-hydrogen) atoms. The van der Waals surface area contributed by atoms with Crippen LogP contribution in [0.1, 0.15) is 64.7 Å². The molecule has 2 rings (SSSR count). The highest BCUT2D eigenvalue weighted by atomic mass is 16.2. The van der Waals surface area contributed by atoms with Crippen LogP contribution in [0.15, 0.2) is 0 Å². The van der Waals surface area contributed by atoms with Crippen LogP contribution < -0.4 is 5.73 Å². The molecule has 0 aromatic rings. The van der Waals surface area contributed by atoms with Crippen molar-refractivity contribution in [3.63, 3.8) is 0 Å². The van der Waals surface area contributed by atoms with Crippen LogP contribution in [-0.2, 0) is 4.79 Å². The van der Waals surface area contributed by atoms with Gasteiger partial charge in [0.05, 0.1) is 5.92 Å². The lowest BCUT2D eigenvalue weighted by molar-refractivity contribution is -0.136. The number of amides is 1. The van der Waals surface area contributed by atoms with Gasteiger partial charge in [-0.3, -0.25) is 4.79 Å². The molecule has 1 aliphatic carbocycles. The molecule has 110 valence electrons. The van der Waals surface area contributed by atoms with Crippen LogP contribution in [0.25, 0.3) is 0 Å². The fraction of sp³-hybridized carbons (Fsp3) is 0.938. The van der Waals surface area contributed by atoms with Crippen LogP contribution in [0.5, 0.6) is 0 Å². The molecule has 2 fully saturated rings. The molecule has 1 saturated carbocycles. The highest BCUT2D eigenvalue weighted by Crippen LogP contribution is 2.26. The van der Waals surface area contributed by atoms with Gasteiger partial charge in [0.1, 0.15) is 0 Å². The Kier molecular flexibility index (Phi) is 5.68. The predicted octanol–water partition coefficient (Wildman–Crippen LogP) is 2.93. The fourth-order valence-corrected chi connectivity index (χ4v) is 3.67. The summed E-state index contributed by atoms with van der Waals surface area (Å²) in [7, 11) is 0. The van der Waals surface area contributed by atoms with Crippen LogP contribution in [0, 0.1) is 11.8 Å². The van der Waals surface area contributed by atoms with Gasteiger partial charge in [0, 0.05) is 19.1 Å². The van der Waals surface area contributed by atoms with Gasteiger partial charge in [0.15, 0.2) is 0 Å². The smallest absolute Gasteiger partial charge is 0.227 e. The Bertz CT molecular complexity index is 292. The van der Waals surface area contributed by atoms with Gasteiger partial charge in [-0.05, 0) is 38.0 Å². The second-order valence-electron chi connectivity index (χ2n) is 6.44. The number of nitrogens with two attached hydrogens (primary N) is 1. The van der Waals surface area contributed by atoms with Gasteiger partial charge in [0.25, 0.3) is 0 Å². The van der Waals surface area contributed by atoms with Crippen molar-refractivity contribution in [1.82, 2.24) is 4.90 Å². The maximum Gasteiger partial charge on any atom is 0.227 e. The van der Waals surface area contributed by atoms with Crippen LogP contribution in [-0.4, -0.2) is 29.9 Å². The van der Waals surface area contributed by atoms with Gasteiger partial charge in [-0.15, -0.1) is 0 Å². The summed E-state index contributed by atoms with van der Waals surface area (Å²) in [6.07, 6.45) is 10.6. The number of carbonyl (C=O) groups is 1. The molecule has 0 radical (unpaired) electrons. The van der Waals surface area contributed by atoms with E-state index in [0.29, 0.717) is 5.91 Å². The summed E-state index contributed by atoms with van der Waals surface area (Å²) >= 11 is 0. The minimum Gasteiger partial charge on any atom is -0.342 e. The third-order valence-corrected chi connectivity index (χ3v) is 5.12. The summed E-state index contributed by atoms with van der Waals surface area (Å²) in [6.45, 7) is 4.18. The highest BCUT2D eigenvalue weighted by Gasteiger charge is 2.31. The van der Waals surface area contributed by atoms with E-state index in [4.69, 9.17) is 5.73 Å². The van der Waals surface area contributed by atoms with Crippen LogP contribution in [0.2, 0.25) is 0 Å². The number of likely N-dealkylation sites (tertiary alicyclic amines) is 1. The molecule has 2 N–H and O–H groups in total. The molecule has 1 amide bonds. The third kappa shape index (κ3) is 3.95. The van der Waals surface area contributed by atoms with Gasteiger partial charge < -0.3 is 10.6 Å². The molecule has 0 spiro atoms. The Morgan fingerprint density at radius 1 is 1.05 bits per heavy atom. The van der Waals surface area contributed by atoms with E-state index in [9.17, 15) is 4.79 Å². The van der Waals surface area contributed by atoms with Crippen molar-refractivity contribution >= 4 is 5.91 Å². The number of carbonyl (C=O) groups excluding carboxylic acids is 1. The number of hydrogen-bond donors (Lipinski definition) is 1. The first-order chi connectivity index (χ1) is 9.22. The van der Waals surface area contributed by atoms with Gasteiger partial charge in [-0.2, -0.15) is 0 Å². The van der Waals surface area contributed by atoms with E-state index in [1.807, 2.05) is 0 Å². The lowest BCUT2D eigenvalue weighted by Crippen LogP contribution is -2.44. The van der Waals surface area contributed by atoms with Crippen molar-refractivity contribution in [2.45, 2.75) is 70.8 Å². The summed E-state index contributed by atoms with van der Waals surface area (Å²) in [4.78, 5) is 14.8. The van der Waals surface area contributed by atoms with E-state index in [1.54, 1.807) is 0 Å². The largest absolute Gasteiger partial charge is 0.342 e. The lowest BCUT2D eigenvalue weighted by atomic mass is 9.94. The zero-order chi connectivity index (χ0) is 13.7. The molecule has 3 atom stereocenters. The quantitative estimate of drug-likeness (QED) is 0.781. The minimum absolute atomic E-state index is 0.0974. The predicted molar refractivity (Wildman–Crippen MR) is 78.8 cm³/mol. The molecule has 3 heteroatoms. The first kappa shape index (κ1) is 14.8. The maximum absolute atomic E-state index is 12.7. The van der Waals surface area contributed by atoms with Crippen molar-refractivity contribution in [2.24, 2.45) is 17.6 Å². The van der Waals surface area contributed by atoms with Crippen molar-refractivity contribution in [3.05, 3.63) is 0 Å². The Balaban J connectivity index is 1.94. The molecule has 0 bridgehead atoms. The van der Waals surface area contributed by atoms with Gasteiger partial charge in [-0.1, -0.05) is 32.6 Å². The number of hydrogen-bond acceptors (Lipinski definition) is 2. The molecular weight excluding hydrogens is 236 g/mol. The monoisotopic (exact) mass is 266 g/mol. The Hall–Kier alpha value is -0.570. The minimum atomic E-state index is 0.0974. The first-order valence-corrected chi connectivity index (χ1v) is 8.26. The SMILES string of the molecule is CCC1CCCN(C(=O)C2CCCCCC2N)CC1. The topological polar surface area (TPSA) is 46.3 Å². The summed E-state index contributed by atoms with van der Waals surface area (Å²) in [5, 5.41) is 0. The van der Waals surface area contributed by atoms with Gasteiger partial charge in [-0.25, -0.2) is 0 Å². The average Bonchev–Trinajstić information content (AvgIpc) is 2.78. The number of rotatable bonds is 2. The average molecular weight is 266 g/mol. The van der Waals surface area contributed by atoms with E-state index < -0.39 is 0 Å². The second-order valence-corrected chi connectivity index (χ2v) is 6.44. The molecule has 3 nitrogen and oxygen atoms in total. The van der Waals surface area contributed by atoms with Crippen molar-refractivity contribution in [3.8, 4) is 0 Å². The van der Waals surface area contributed by atoms with Crippen LogP contribution >= 0.6 is 0 Å². The molecule has 3 unspecified atom stereocenters. The number of nitrogens with zero attached hydrogens (tertiary/aromatic N) is 1. The van der Waals surface area contributed by atoms with Crippen LogP contribution in [0.3, 0.4) is 0 Å². The van der Waals surface area contributed by atoms with Crippen LogP contribution in [0.4, 0.5) is 0 Å². The summed E-state index contributed by atoms with van der Waals surface area (Å²) in [6, 6.07) is 0.0974. The van der Waals surface area contributed by atoms with Gasteiger partial charge >= 0.3 is 0 Å². The second kappa shape index (κ2) is 7.28. The zero-order valence-electron chi connectivity index (χ0n) is 12.4. The van der Waals surface area contributed by atoms with Crippen molar-refractivity contribution in [2.75, 3.05) is 13.1 Å². The van der Waals surface area contributed by atoms with Crippen molar-refractivity contribution < 1.29 is 4.79 Å². The Morgan fingerprint density at radius 2 is 1.84 bits per heavy atom. The molecule has 2 aliphatic rings. The lowest BCUT2D eigenvalue weighted by Gasteiger charge is -2.28. The standard InChI is InChI=1S/C16H30N2O/c1-2-13-7-6-11-18(12-10-13)16(19)14-8-4-3-5-9-15(14)17/h13-15H,2-12,17H2,1H3. The van der Waals surface area contributed by atoms with E-state index >= 15 is 0 Å². The van der Waals surface area contributed by atoms with Gasteiger partial charge in [0.2, 0.25) is 5.91 Å². The summed E-state index contributed by atoms with van der Waals surface area (Å²) < 4.78 is 0.